The number of ether oxygens (including phenoxy) is 2. The van der Waals surface area contributed by atoms with Crippen molar-refractivity contribution in [3.63, 3.8) is 0 Å². The molecule has 0 saturated carbocycles. The van der Waals surface area contributed by atoms with E-state index in [-0.39, 0.29) is 11.5 Å². The third-order valence-corrected chi connectivity index (χ3v) is 2.75. The van der Waals surface area contributed by atoms with E-state index in [1.54, 1.807) is 24.3 Å². The molecule has 0 radical (unpaired) electrons. The highest BCUT2D eigenvalue weighted by atomic mass is 16.6. The van der Waals surface area contributed by atoms with E-state index in [0.717, 1.165) is 5.75 Å². The van der Waals surface area contributed by atoms with Crippen molar-refractivity contribution >= 4 is 11.8 Å². The van der Waals surface area contributed by atoms with Gasteiger partial charge in [0.25, 0.3) is 0 Å². The monoisotopic (exact) mass is 266 g/mol. The van der Waals surface area contributed by atoms with Crippen molar-refractivity contribution in [1.82, 2.24) is 0 Å². The zero-order valence-electron chi connectivity index (χ0n) is 11.7. The zero-order valence-corrected chi connectivity index (χ0v) is 11.7. The number of primary amides is 1. The molecule has 0 heterocycles. The Bertz CT molecular complexity index is 410. The lowest BCUT2D eigenvalue weighted by molar-refractivity contribution is 0.0229. The van der Waals surface area contributed by atoms with Gasteiger partial charge in [0.2, 0.25) is 0 Å². The summed E-state index contributed by atoms with van der Waals surface area (Å²) in [4.78, 5) is 10.9. The van der Waals surface area contributed by atoms with Crippen LogP contribution in [0.15, 0.2) is 24.3 Å². The summed E-state index contributed by atoms with van der Waals surface area (Å²) in [6, 6.07) is 7.15. The molecule has 106 valence electrons. The molecule has 1 amide bonds. The quantitative estimate of drug-likeness (QED) is 0.802. The smallest absolute Gasteiger partial charge is 0.404 e. The van der Waals surface area contributed by atoms with Crippen molar-refractivity contribution < 1.29 is 14.3 Å². The van der Waals surface area contributed by atoms with Crippen molar-refractivity contribution in [2.45, 2.75) is 33.3 Å². The molecule has 0 aliphatic carbocycles. The molecule has 5 heteroatoms. The van der Waals surface area contributed by atoms with E-state index < -0.39 is 6.09 Å². The first-order valence-corrected chi connectivity index (χ1v) is 6.23. The van der Waals surface area contributed by atoms with Crippen molar-refractivity contribution in [3.8, 4) is 5.75 Å². The van der Waals surface area contributed by atoms with Crippen LogP contribution in [0.5, 0.6) is 5.75 Å². The van der Waals surface area contributed by atoms with Gasteiger partial charge in [-0.15, -0.1) is 0 Å². The molecule has 0 saturated heterocycles. The van der Waals surface area contributed by atoms with Crippen LogP contribution in [-0.4, -0.2) is 18.8 Å². The Morgan fingerprint density at radius 2 is 1.84 bits per heavy atom. The van der Waals surface area contributed by atoms with Crippen LogP contribution in [0.2, 0.25) is 0 Å². The average molecular weight is 266 g/mol. The van der Waals surface area contributed by atoms with Gasteiger partial charge in [0.15, 0.2) is 0 Å². The van der Waals surface area contributed by atoms with Gasteiger partial charge >= 0.3 is 6.09 Å². The van der Waals surface area contributed by atoms with Crippen LogP contribution in [0.25, 0.3) is 0 Å². The van der Waals surface area contributed by atoms with Crippen LogP contribution in [0, 0.1) is 5.41 Å². The summed E-state index contributed by atoms with van der Waals surface area (Å²) < 4.78 is 10.7. The summed E-state index contributed by atoms with van der Waals surface area (Å²) in [5, 5.41) is 0. The first-order chi connectivity index (χ1) is 8.79. The lowest BCUT2D eigenvalue weighted by atomic mass is 9.87. The van der Waals surface area contributed by atoms with Gasteiger partial charge in [0, 0.05) is 12.1 Å². The molecule has 4 N–H and O–H groups in total. The van der Waals surface area contributed by atoms with E-state index in [1.807, 2.05) is 20.8 Å². The van der Waals surface area contributed by atoms with Crippen molar-refractivity contribution in [1.29, 1.82) is 0 Å². The highest BCUT2D eigenvalue weighted by Gasteiger charge is 2.27. The molecule has 1 atom stereocenters. The minimum atomic E-state index is -0.757. The number of nitrogen functional groups attached to an aromatic ring is 1. The van der Waals surface area contributed by atoms with E-state index in [1.165, 1.54) is 0 Å². The number of nitrogens with two attached hydrogens (primary N) is 2. The van der Waals surface area contributed by atoms with Crippen LogP contribution >= 0.6 is 0 Å². The Hall–Kier alpha value is -1.91. The second-order valence-corrected chi connectivity index (χ2v) is 5.50. The van der Waals surface area contributed by atoms with Gasteiger partial charge in [-0.3, -0.25) is 0 Å². The SMILES string of the molecule is CC(C)(C)C(CCOc1ccc(N)cc1)OC(N)=O. The van der Waals surface area contributed by atoms with E-state index in [2.05, 4.69) is 0 Å². The molecule has 1 aromatic rings. The lowest BCUT2D eigenvalue weighted by Crippen LogP contribution is -2.35. The first kappa shape index (κ1) is 15.1. The van der Waals surface area contributed by atoms with Crippen LogP contribution in [0.3, 0.4) is 0 Å². The highest BCUT2D eigenvalue weighted by molar-refractivity contribution is 5.64. The average Bonchev–Trinajstić information content (AvgIpc) is 2.28. The van der Waals surface area contributed by atoms with Gasteiger partial charge in [0.05, 0.1) is 6.61 Å². The van der Waals surface area contributed by atoms with Gasteiger partial charge < -0.3 is 20.9 Å². The van der Waals surface area contributed by atoms with Crippen LogP contribution in [-0.2, 0) is 4.74 Å². The van der Waals surface area contributed by atoms with Crippen LogP contribution in [0.4, 0.5) is 10.5 Å². The molecular weight excluding hydrogens is 244 g/mol. The minimum Gasteiger partial charge on any atom is -0.493 e. The number of rotatable bonds is 5. The van der Waals surface area contributed by atoms with Crippen molar-refractivity contribution in [2.24, 2.45) is 11.1 Å². The van der Waals surface area contributed by atoms with Crippen molar-refractivity contribution in [2.75, 3.05) is 12.3 Å². The molecule has 5 nitrogen and oxygen atoms in total. The molecule has 19 heavy (non-hydrogen) atoms. The predicted octanol–water partition coefficient (Wildman–Crippen LogP) is 2.55. The van der Waals surface area contributed by atoms with Gasteiger partial charge in [-0.05, 0) is 29.7 Å². The van der Waals surface area contributed by atoms with E-state index in [0.29, 0.717) is 18.7 Å². The maximum atomic E-state index is 10.9. The molecule has 1 rings (SSSR count). The van der Waals surface area contributed by atoms with Crippen LogP contribution in [0.1, 0.15) is 27.2 Å². The molecule has 1 aromatic carbocycles. The molecule has 1 unspecified atom stereocenters. The summed E-state index contributed by atoms with van der Waals surface area (Å²) in [5.41, 5.74) is 11.2. The number of carbonyl (C=O) groups excluding carboxylic acids is 1. The van der Waals surface area contributed by atoms with Gasteiger partial charge in [-0.1, -0.05) is 20.8 Å². The summed E-state index contributed by atoms with van der Waals surface area (Å²) in [5.74, 6) is 0.737. The number of hydrogen-bond acceptors (Lipinski definition) is 4. The topological polar surface area (TPSA) is 87.6 Å². The third kappa shape index (κ3) is 5.50. The van der Waals surface area contributed by atoms with Gasteiger partial charge in [0.1, 0.15) is 11.9 Å². The number of anilines is 1. The first-order valence-electron chi connectivity index (χ1n) is 6.23. The summed E-state index contributed by atoms with van der Waals surface area (Å²) in [7, 11) is 0. The molecule has 0 aromatic heterocycles. The second kappa shape index (κ2) is 6.31. The fourth-order valence-corrected chi connectivity index (χ4v) is 1.66. The van der Waals surface area contributed by atoms with Gasteiger partial charge in [-0.2, -0.15) is 0 Å². The Morgan fingerprint density at radius 3 is 2.32 bits per heavy atom. The Morgan fingerprint density at radius 1 is 1.26 bits per heavy atom. The second-order valence-electron chi connectivity index (χ2n) is 5.50. The van der Waals surface area contributed by atoms with E-state index in [4.69, 9.17) is 20.9 Å². The van der Waals surface area contributed by atoms with E-state index in [9.17, 15) is 4.79 Å². The fourth-order valence-electron chi connectivity index (χ4n) is 1.66. The number of benzene rings is 1. The number of amides is 1. The molecule has 0 bridgehead atoms. The van der Waals surface area contributed by atoms with Gasteiger partial charge in [-0.25, -0.2) is 4.79 Å². The normalized spacial score (nSPS) is 12.8. The standard InChI is InChI=1S/C14H22N2O3/c1-14(2,3)12(19-13(16)17)8-9-18-11-6-4-10(15)5-7-11/h4-7,12H,8-9,15H2,1-3H3,(H2,16,17). The predicted molar refractivity (Wildman–Crippen MR) is 74.9 cm³/mol. The summed E-state index contributed by atoms with van der Waals surface area (Å²) in [6.45, 7) is 6.41. The third-order valence-electron chi connectivity index (χ3n) is 2.75. The Kier molecular flexibility index (Phi) is 5.03. The molecule has 0 fully saturated rings. The summed E-state index contributed by atoms with van der Waals surface area (Å²) in [6.07, 6.45) is -0.456. The molecule has 0 aliphatic heterocycles. The zero-order chi connectivity index (χ0) is 14.5. The molecular formula is C14H22N2O3. The maximum absolute atomic E-state index is 10.9. The largest absolute Gasteiger partial charge is 0.493 e. The minimum absolute atomic E-state index is 0.181. The Labute approximate surface area is 113 Å². The molecule has 0 spiro atoms. The van der Waals surface area contributed by atoms with Crippen LogP contribution < -0.4 is 16.2 Å². The fraction of sp³-hybridized carbons (Fsp3) is 0.500. The highest BCUT2D eigenvalue weighted by Crippen LogP contribution is 2.25. The Balaban J connectivity index is 2.48. The van der Waals surface area contributed by atoms with Crippen molar-refractivity contribution in [3.05, 3.63) is 24.3 Å². The summed E-state index contributed by atoms with van der Waals surface area (Å²) >= 11 is 0. The molecule has 0 aliphatic rings. The lowest BCUT2D eigenvalue weighted by Gasteiger charge is -2.29. The number of carbonyl (C=O) groups is 1. The number of hydrogen-bond donors (Lipinski definition) is 2. The maximum Gasteiger partial charge on any atom is 0.404 e. The van der Waals surface area contributed by atoms with E-state index >= 15 is 0 Å².